The van der Waals surface area contributed by atoms with Crippen LogP contribution in [0.5, 0.6) is 0 Å². The molecule has 1 aromatic carbocycles. The first-order valence-electron chi connectivity index (χ1n) is 5.84. The van der Waals surface area contributed by atoms with Gasteiger partial charge in [-0.1, -0.05) is 17.7 Å². The summed E-state index contributed by atoms with van der Waals surface area (Å²) < 4.78 is 29.4. The summed E-state index contributed by atoms with van der Waals surface area (Å²) in [4.78, 5) is 13.2. The number of sulfonamides is 1. The Kier molecular flexibility index (Phi) is 3.77. The van der Waals surface area contributed by atoms with Gasteiger partial charge in [0.25, 0.3) is 0 Å². The van der Waals surface area contributed by atoms with Gasteiger partial charge in [0.2, 0.25) is 10.0 Å². The Morgan fingerprint density at radius 2 is 2.00 bits per heavy atom. The van der Waals surface area contributed by atoms with Gasteiger partial charge in [-0.15, -0.1) is 0 Å². The van der Waals surface area contributed by atoms with Crippen LogP contribution in [0.3, 0.4) is 0 Å². The third kappa shape index (κ3) is 3.68. The zero-order valence-electron chi connectivity index (χ0n) is 10.8. The molecule has 0 bridgehead atoms. The van der Waals surface area contributed by atoms with E-state index in [0.29, 0.717) is 6.54 Å². The number of nitrogens with one attached hydrogen (secondary N) is 1. The third-order valence-electron chi connectivity index (χ3n) is 2.79. The molecule has 1 aromatic rings. The molecule has 1 N–H and O–H groups in total. The van der Waals surface area contributed by atoms with Crippen molar-refractivity contribution in [2.24, 2.45) is 0 Å². The van der Waals surface area contributed by atoms with Crippen LogP contribution in [0.4, 0.5) is 10.5 Å². The molecule has 0 spiro atoms. The van der Waals surface area contributed by atoms with E-state index in [1.165, 1.54) is 4.90 Å². The molecule has 1 amide bonds. The van der Waals surface area contributed by atoms with Crippen LogP contribution in [0, 0.1) is 6.92 Å². The molecule has 1 aliphatic rings. The number of aryl methyl sites for hydroxylation is 1. The summed E-state index contributed by atoms with van der Waals surface area (Å²) in [7, 11) is -3.28. The lowest BCUT2D eigenvalue weighted by atomic mass is 10.2. The zero-order valence-corrected chi connectivity index (χ0v) is 11.6. The molecule has 2 rings (SSSR count). The van der Waals surface area contributed by atoms with E-state index in [9.17, 15) is 13.2 Å². The van der Waals surface area contributed by atoms with Crippen molar-refractivity contribution in [3.05, 3.63) is 29.8 Å². The molecule has 104 valence electrons. The maximum Gasteiger partial charge on any atom is 0.414 e. The van der Waals surface area contributed by atoms with Gasteiger partial charge >= 0.3 is 6.09 Å². The molecular weight excluding hydrogens is 268 g/mol. The highest BCUT2D eigenvalue weighted by molar-refractivity contribution is 7.88. The van der Waals surface area contributed by atoms with Crippen molar-refractivity contribution in [1.82, 2.24) is 4.72 Å². The molecule has 0 radical (unpaired) electrons. The van der Waals surface area contributed by atoms with Crippen molar-refractivity contribution in [1.29, 1.82) is 0 Å². The Morgan fingerprint density at radius 3 is 2.58 bits per heavy atom. The number of rotatable bonds is 4. The van der Waals surface area contributed by atoms with Gasteiger partial charge in [-0.3, -0.25) is 4.90 Å². The van der Waals surface area contributed by atoms with Gasteiger partial charge in [0, 0.05) is 12.2 Å². The number of hydrogen-bond donors (Lipinski definition) is 1. The number of hydrogen-bond acceptors (Lipinski definition) is 4. The van der Waals surface area contributed by atoms with Crippen molar-refractivity contribution in [2.45, 2.75) is 13.0 Å². The predicted molar refractivity (Wildman–Crippen MR) is 71.6 cm³/mol. The molecule has 19 heavy (non-hydrogen) atoms. The van der Waals surface area contributed by atoms with Gasteiger partial charge in [-0.25, -0.2) is 17.9 Å². The lowest BCUT2D eigenvalue weighted by Crippen LogP contribution is -2.33. The van der Waals surface area contributed by atoms with E-state index >= 15 is 0 Å². The lowest BCUT2D eigenvalue weighted by Gasteiger charge is -2.13. The van der Waals surface area contributed by atoms with Crippen molar-refractivity contribution >= 4 is 21.8 Å². The second-order valence-electron chi connectivity index (χ2n) is 4.57. The first-order valence-corrected chi connectivity index (χ1v) is 7.74. The molecule has 0 aliphatic carbocycles. The molecule has 7 heteroatoms. The van der Waals surface area contributed by atoms with Crippen molar-refractivity contribution < 1.29 is 17.9 Å². The van der Waals surface area contributed by atoms with E-state index in [-0.39, 0.29) is 6.54 Å². The molecule has 1 aliphatic heterocycles. The summed E-state index contributed by atoms with van der Waals surface area (Å²) >= 11 is 0. The second kappa shape index (κ2) is 5.18. The van der Waals surface area contributed by atoms with Crippen LogP contribution in [0.1, 0.15) is 5.56 Å². The highest BCUT2D eigenvalue weighted by Crippen LogP contribution is 2.21. The normalized spacial score (nSPS) is 19.6. The van der Waals surface area contributed by atoms with Crippen LogP contribution in [0.15, 0.2) is 24.3 Å². The Labute approximate surface area is 112 Å². The van der Waals surface area contributed by atoms with E-state index in [1.807, 2.05) is 31.2 Å². The molecule has 0 unspecified atom stereocenters. The van der Waals surface area contributed by atoms with Crippen LogP contribution in [-0.4, -0.2) is 40.0 Å². The van der Waals surface area contributed by atoms with E-state index in [2.05, 4.69) is 4.72 Å². The summed E-state index contributed by atoms with van der Waals surface area (Å²) in [5.41, 5.74) is 1.85. The number of amides is 1. The van der Waals surface area contributed by atoms with Crippen LogP contribution < -0.4 is 9.62 Å². The molecule has 1 saturated heterocycles. The fourth-order valence-electron chi connectivity index (χ4n) is 1.81. The van der Waals surface area contributed by atoms with Gasteiger partial charge in [0.15, 0.2) is 0 Å². The quantitative estimate of drug-likeness (QED) is 0.890. The van der Waals surface area contributed by atoms with Crippen LogP contribution in [0.2, 0.25) is 0 Å². The van der Waals surface area contributed by atoms with E-state index in [4.69, 9.17) is 4.74 Å². The van der Waals surface area contributed by atoms with Crippen molar-refractivity contribution in [3.8, 4) is 0 Å². The SMILES string of the molecule is Cc1ccc(N2C[C@@H](CNS(C)(=O)=O)OC2=O)cc1. The van der Waals surface area contributed by atoms with Gasteiger partial charge in [0.05, 0.1) is 12.8 Å². The highest BCUT2D eigenvalue weighted by Gasteiger charge is 2.32. The first kappa shape index (κ1) is 13.8. The van der Waals surface area contributed by atoms with Crippen molar-refractivity contribution in [3.63, 3.8) is 0 Å². The number of carbonyl (C=O) groups is 1. The van der Waals surface area contributed by atoms with Gasteiger partial charge < -0.3 is 4.74 Å². The van der Waals surface area contributed by atoms with Gasteiger partial charge in [-0.2, -0.15) is 0 Å². The van der Waals surface area contributed by atoms with Crippen LogP contribution in [-0.2, 0) is 14.8 Å². The van der Waals surface area contributed by atoms with E-state index in [0.717, 1.165) is 17.5 Å². The number of ether oxygens (including phenoxy) is 1. The monoisotopic (exact) mass is 284 g/mol. The summed E-state index contributed by atoms with van der Waals surface area (Å²) in [6.45, 7) is 2.39. The molecule has 1 heterocycles. The molecular formula is C12H16N2O4S. The Hall–Kier alpha value is -1.60. The molecule has 0 saturated carbocycles. The average Bonchev–Trinajstić information content (AvgIpc) is 2.68. The number of carbonyl (C=O) groups excluding carboxylic acids is 1. The maximum absolute atomic E-state index is 11.7. The largest absolute Gasteiger partial charge is 0.443 e. The number of nitrogens with zero attached hydrogens (tertiary/aromatic N) is 1. The minimum atomic E-state index is -3.28. The molecule has 0 aromatic heterocycles. The van der Waals surface area contributed by atoms with Gasteiger partial charge in [0.1, 0.15) is 6.10 Å². The smallest absolute Gasteiger partial charge is 0.414 e. The fraction of sp³-hybridized carbons (Fsp3) is 0.417. The topological polar surface area (TPSA) is 75.7 Å². The van der Waals surface area contributed by atoms with Crippen LogP contribution >= 0.6 is 0 Å². The van der Waals surface area contributed by atoms with Crippen molar-refractivity contribution in [2.75, 3.05) is 24.2 Å². The van der Waals surface area contributed by atoms with Crippen LogP contribution in [0.25, 0.3) is 0 Å². The lowest BCUT2D eigenvalue weighted by molar-refractivity contribution is 0.143. The Bertz CT molecular complexity index is 568. The minimum Gasteiger partial charge on any atom is -0.443 e. The highest BCUT2D eigenvalue weighted by atomic mass is 32.2. The number of cyclic esters (lactones) is 1. The standard InChI is InChI=1S/C12H16N2O4S/c1-9-3-5-10(6-4-9)14-8-11(18-12(14)15)7-13-19(2,16)17/h3-6,11,13H,7-8H2,1-2H3/t11-/m1/s1. The fourth-order valence-corrected chi connectivity index (χ4v) is 2.30. The average molecular weight is 284 g/mol. The summed E-state index contributed by atoms with van der Waals surface area (Å²) in [5.74, 6) is 0. The molecule has 1 atom stereocenters. The first-order chi connectivity index (χ1) is 8.85. The third-order valence-corrected chi connectivity index (χ3v) is 3.48. The van der Waals surface area contributed by atoms with E-state index < -0.39 is 22.2 Å². The Morgan fingerprint density at radius 1 is 1.37 bits per heavy atom. The summed E-state index contributed by atoms with van der Waals surface area (Å²) in [6.07, 6.45) is 0.148. The maximum atomic E-state index is 11.7. The Balaban J connectivity index is 2.01. The van der Waals surface area contributed by atoms with E-state index in [1.54, 1.807) is 0 Å². The van der Waals surface area contributed by atoms with Gasteiger partial charge in [-0.05, 0) is 19.1 Å². The minimum absolute atomic E-state index is 0.0902. The number of anilines is 1. The summed E-state index contributed by atoms with van der Waals surface area (Å²) in [6, 6.07) is 7.49. The molecule has 1 fully saturated rings. The summed E-state index contributed by atoms with van der Waals surface area (Å²) in [5, 5.41) is 0. The number of benzene rings is 1. The second-order valence-corrected chi connectivity index (χ2v) is 6.41. The predicted octanol–water partition coefficient (Wildman–Crippen LogP) is 0.869. The molecule has 6 nitrogen and oxygen atoms in total. The zero-order chi connectivity index (χ0) is 14.0.